The van der Waals surface area contributed by atoms with Crippen molar-refractivity contribution in [2.75, 3.05) is 11.9 Å². The highest BCUT2D eigenvalue weighted by Crippen LogP contribution is 2.38. The number of amides is 1. The van der Waals surface area contributed by atoms with Gasteiger partial charge in [-0.15, -0.1) is 0 Å². The largest absolute Gasteiger partial charge is 0.492 e. The fourth-order valence-electron chi connectivity index (χ4n) is 2.72. The molecule has 3 rings (SSSR count). The van der Waals surface area contributed by atoms with E-state index in [1.165, 1.54) is 0 Å². The van der Waals surface area contributed by atoms with Gasteiger partial charge in [-0.1, -0.05) is 0 Å². The van der Waals surface area contributed by atoms with E-state index in [-0.39, 0.29) is 12.0 Å². The monoisotopic (exact) mass is 315 g/mol. The summed E-state index contributed by atoms with van der Waals surface area (Å²) < 4.78 is 13.1. The van der Waals surface area contributed by atoms with Gasteiger partial charge in [0.25, 0.3) is 5.91 Å². The van der Waals surface area contributed by atoms with Crippen molar-refractivity contribution in [2.24, 2.45) is 7.05 Å². The van der Waals surface area contributed by atoms with Gasteiger partial charge in [0.05, 0.1) is 24.1 Å². The summed E-state index contributed by atoms with van der Waals surface area (Å²) in [5.41, 5.74) is 3.08. The van der Waals surface area contributed by atoms with Crippen molar-refractivity contribution in [3.8, 4) is 11.5 Å². The number of carbonyl (C=O) groups excluding carboxylic acids is 1. The first-order chi connectivity index (χ1) is 11.0. The Hall–Kier alpha value is -2.50. The molecule has 1 aromatic heterocycles. The van der Waals surface area contributed by atoms with Crippen LogP contribution in [0, 0.1) is 6.92 Å². The van der Waals surface area contributed by atoms with E-state index in [0.29, 0.717) is 23.6 Å². The number of aromatic nitrogens is 2. The predicted molar refractivity (Wildman–Crippen MR) is 87.3 cm³/mol. The summed E-state index contributed by atoms with van der Waals surface area (Å²) in [5.74, 6) is 1.26. The van der Waals surface area contributed by atoms with Crippen LogP contribution >= 0.6 is 0 Å². The van der Waals surface area contributed by atoms with Crippen LogP contribution in [0.15, 0.2) is 18.3 Å². The molecule has 2 aromatic rings. The Kier molecular flexibility index (Phi) is 3.98. The van der Waals surface area contributed by atoms with Crippen LogP contribution in [0.1, 0.15) is 35.5 Å². The van der Waals surface area contributed by atoms with Crippen LogP contribution in [0.4, 0.5) is 5.69 Å². The Bertz CT molecular complexity index is 752. The van der Waals surface area contributed by atoms with Crippen LogP contribution in [0.2, 0.25) is 0 Å². The van der Waals surface area contributed by atoms with Crippen molar-refractivity contribution in [3.05, 3.63) is 35.2 Å². The zero-order valence-corrected chi connectivity index (χ0v) is 13.8. The van der Waals surface area contributed by atoms with E-state index in [2.05, 4.69) is 10.4 Å². The zero-order valence-electron chi connectivity index (χ0n) is 13.8. The van der Waals surface area contributed by atoms with E-state index in [1.807, 2.05) is 40.0 Å². The topological polar surface area (TPSA) is 65.4 Å². The second-order valence-corrected chi connectivity index (χ2v) is 5.74. The Morgan fingerprint density at radius 1 is 1.52 bits per heavy atom. The first-order valence-electron chi connectivity index (χ1n) is 7.76. The first-order valence-corrected chi connectivity index (χ1v) is 7.76. The summed E-state index contributed by atoms with van der Waals surface area (Å²) in [6, 6.07) is 3.79. The molecule has 0 saturated heterocycles. The van der Waals surface area contributed by atoms with Gasteiger partial charge in [0.1, 0.15) is 17.6 Å². The van der Waals surface area contributed by atoms with E-state index in [0.717, 1.165) is 23.4 Å². The number of aryl methyl sites for hydroxylation is 1. The molecule has 0 aliphatic carbocycles. The first kappa shape index (κ1) is 15.4. The van der Waals surface area contributed by atoms with E-state index < -0.39 is 0 Å². The summed E-state index contributed by atoms with van der Waals surface area (Å²) >= 11 is 0. The van der Waals surface area contributed by atoms with Gasteiger partial charge in [-0.25, -0.2) is 0 Å². The molecule has 2 heterocycles. The molecule has 6 nitrogen and oxygen atoms in total. The molecule has 1 aliphatic heterocycles. The molecule has 1 N–H and O–H groups in total. The second-order valence-electron chi connectivity index (χ2n) is 5.74. The quantitative estimate of drug-likeness (QED) is 0.942. The average molecular weight is 315 g/mol. The lowest BCUT2D eigenvalue weighted by Gasteiger charge is -2.13. The fraction of sp³-hybridized carbons (Fsp3) is 0.412. The fourth-order valence-corrected chi connectivity index (χ4v) is 2.72. The Morgan fingerprint density at radius 3 is 2.96 bits per heavy atom. The van der Waals surface area contributed by atoms with Gasteiger partial charge in [0, 0.05) is 30.8 Å². The number of nitrogens with zero attached hydrogens (tertiary/aromatic N) is 2. The molecule has 0 spiro atoms. The minimum Gasteiger partial charge on any atom is -0.492 e. The lowest BCUT2D eigenvalue weighted by molar-refractivity contribution is 0.102. The number of fused-ring (bicyclic) bond motifs is 1. The molecule has 1 atom stereocenters. The zero-order chi connectivity index (χ0) is 16.6. The summed E-state index contributed by atoms with van der Waals surface area (Å²) in [4.78, 5) is 12.5. The Labute approximate surface area is 135 Å². The molecule has 6 heteroatoms. The maximum Gasteiger partial charge on any atom is 0.259 e. The van der Waals surface area contributed by atoms with Crippen LogP contribution < -0.4 is 14.8 Å². The second kappa shape index (κ2) is 5.95. The van der Waals surface area contributed by atoms with Crippen molar-refractivity contribution in [1.82, 2.24) is 9.78 Å². The predicted octanol–water partition coefficient (Wildman–Crippen LogP) is 2.70. The average Bonchev–Trinajstić information content (AvgIpc) is 3.02. The maximum atomic E-state index is 12.5. The lowest BCUT2D eigenvalue weighted by atomic mass is 10.1. The van der Waals surface area contributed by atoms with Gasteiger partial charge in [0.15, 0.2) is 0 Å². The number of hydrogen-bond acceptors (Lipinski definition) is 4. The van der Waals surface area contributed by atoms with Gasteiger partial charge < -0.3 is 14.8 Å². The standard InChI is InChI=1S/C17H21N3O3/c1-5-22-16-7-12-6-10(2)23-15(12)8-14(16)19-17(21)13-9-18-20(4)11(13)3/h7-10H,5-6H2,1-4H3,(H,19,21). The number of hydrogen-bond donors (Lipinski definition) is 1. The van der Waals surface area contributed by atoms with Crippen LogP contribution in [0.3, 0.4) is 0 Å². The molecule has 0 fully saturated rings. The highest BCUT2D eigenvalue weighted by molar-refractivity contribution is 6.05. The minimum absolute atomic E-state index is 0.144. The highest BCUT2D eigenvalue weighted by Gasteiger charge is 2.23. The van der Waals surface area contributed by atoms with Crippen molar-refractivity contribution < 1.29 is 14.3 Å². The Morgan fingerprint density at radius 2 is 2.30 bits per heavy atom. The third-order valence-electron chi connectivity index (χ3n) is 4.03. The molecule has 1 amide bonds. The molecular weight excluding hydrogens is 294 g/mol. The van der Waals surface area contributed by atoms with Gasteiger partial charge in [-0.2, -0.15) is 5.10 Å². The minimum atomic E-state index is -0.206. The van der Waals surface area contributed by atoms with Crippen molar-refractivity contribution >= 4 is 11.6 Å². The van der Waals surface area contributed by atoms with Gasteiger partial charge >= 0.3 is 0 Å². The van der Waals surface area contributed by atoms with E-state index in [1.54, 1.807) is 10.9 Å². The lowest BCUT2D eigenvalue weighted by Crippen LogP contribution is -2.14. The van der Waals surface area contributed by atoms with Gasteiger partial charge in [0.2, 0.25) is 0 Å². The van der Waals surface area contributed by atoms with E-state index in [9.17, 15) is 4.79 Å². The molecular formula is C17H21N3O3. The molecule has 122 valence electrons. The van der Waals surface area contributed by atoms with Gasteiger partial charge in [-0.05, 0) is 26.8 Å². The number of nitrogens with one attached hydrogen (secondary N) is 1. The number of anilines is 1. The summed E-state index contributed by atoms with van der Waals surface area (Å²) in [5, 5.41) is 7.02. The number of ether oxygens (including phenoxy) is 2. The van der Waals surface area contributed by atoms with E-state index >= 15 is 0 Å². The maximum absolute atomic E-state index is 12.5. The van der Waals surface area contributed by atoms with Crippen molar-refractivity contribution in [1.29, 1.82) is 0 Å². The van der Waals surface area contributed by atoms with Crippen LogP contribution in [0.25, 0.3) is 0 Å². The smallest absolute Gasteiger partial charge is 0.259 e. The summed E-state index contributed by atoms with van der Waals surface area (Å²) in [6.07, 6.45) is 2.56. The van der Waals surface area contributed by atoms with Crippen LogP contribution in [-0.2, 0) is 13.5 Å². The van der Waals surface area contributed by atoms with Crippen molar-refractivity contribution in [2.45, 2.75) is 33.3 Å². The van der Waals surface area contributed by atoms with Gasteiger partial charge in [-0.3, -0.25) is 9.48 Å². The van der Waals surface area contributed by atoms with Crippen molar-refractivity contribution in [3.63, 3.8) is 0 Å². The number of carbonyl (C=O) groups is 1. The van der Waals surface area contributed by atoms with Crippen LogP contribution in [-0.4, -0.2) is 28.4 Å². The number of benzene rings is 1. The van der Waals surface area contributed by atoms with Crippen LogP contribution in [0.5, 0.6) is 11.5 Å². The molecule has 1 unspecified atom stereocenters. The molecule has 0 radical (unpaired) electrons. The van der Waals surface area contributed by atoms with E-state index in [4.69, 9.17) is 9.47 Å². The Balaban J connectivity index is 1.91. The molecule has 1 aromatic carbocycles. The SMILES string of the molecule is CCOc1cc2c(cc1NC(=O)c1cnn(C)c1C)OC(C)C2. The molecule has 0 bridgehead atoms. The third-order valence-corrected chi connectivity index (χ3v) is 4.03. The molecule has 23 heavy (non-hydrogen) atoms. The molecule has 1 aliphatic rings. The summed E-state index contributed by atoms with van der Waals surface area (Å²) in [6.45, 7) is 6.34. The highest BCUT2D eigenvalue weighted by atomic mass is 16.5. The number of rotatable bonds is 4. The normalized spacial score (nSPS) is 15.9. The molecule has 0 saturated carbocycles. The third kappa shape index (κ3) is 2.88. The summed E-state index contributed by atoms with van der Waals surface area (Å²) in [7, 11) is 1.81.